The molecule has 0 aromatic carbocycles. The van der Waals surface area contributed by atoms with Crippen LogP contribution in [0.1, 0.15) is 113 Å². The van der Waals surface area contributed by atoms with E-state index in [1.54, 1.807) is 6.92 Å². The standard InChI is InChI=1S/C55H90O27S.Na/c1-21(2)15-25(56)18-55(8,68)34-10-9-28-27-17-32(30-16-26(82-83(69,70)71)11-13-53(30,6)29(27)12-14-54(28,34)7)77-50-44(67)45(37(60)24(5)76-50)79-52-47(81-49-43(66)41(64)36(59)23(4)75-49)39(62)33(20-73-52)78-51-46(38(61)31(57)19-72-51)80-48-42(65)40(63)35(58)22(3)74-48;/h12,21-24,26-28,30-52,57-68H,9-11,13-20H2,1-8H3,(H,69,70,71);/q;+1/p-1/t22?,23?,24?,26-,27?,28?,30?,31?,32-,33?,34-,35?,36?,37?,38?,39?,40?,41?,42?,43?,44?,45?,46?,47?,48?,49?,50?,51?,52?,53+,54-,55?;/m0./s1. The van der Waals surface area contributed by atoms with Crippen LogP contribution in [0.3, 0.4) is 0 Å². The fraction of sp³-hybridized carbons (Fsp3) is 0.945. The molecular formula is C55H89NaO27S. The van der Waals surface area contributed by atoms with Crippen LogP contribution in [0, 0.1) is 40.4 Å². The average Bonchev–Trinajstić information content (AvgIpc) is 1.37. The summed E-state index contributed by atoms with van der Waals surface area (Å²) in [4.78, 5) is 13.2. The molecule has 12 N–H and O–H groups in total. The third-order valence-corrected chi connectivity index (χ3v) is 20.4. The van der Waals surface area contributed by atoms with Crippen LogP contribution in [-0.4, -0.2) is 252 Å². The van der Waals surface area contributed by atoms with Gasteiger partial charge in [-0.05, 0) is 113 Å². The zero-order chi connectivity index (χ0) is 60.7. The number of aliphatic hydroxyl groups excluding tert-OH is 11. The molecule has 0 radical (unpaired) electrons. The second kappa shape index (κ2) is 26.9. The van der Waals surface area contributed by atoms with Gasteiger partial charge in [-0.15, -0.1) is 0 Å². The number of aliphatic hydroxyl groups is 12. The van der Waals surface area contributed by atoms with Crippen LogP contribution in [-0.2, 0) is 66.7 Å². The first-order valence-corrected chi connectivity index (χ1v) is 30.6. The monoisotopic (exact) mass is 1240 g/mol. The maximum absolute atomic E-state index is 13.2. The van der Waals surface area contributed by atoms with Crippen LogP contribution in [0.5, 0.6) is 0 Å². The van der Waals surface area contributed by atoms with Gasteiger partial charge in [0.1, 0.15) is 97.3 Å². The van der Waals surface area contributed by atoms with E-state index in [2.05, 4.69) is 19.9 Å². The van der Waals surface area contributed by atoms with Crippen LogP contribution in [0.25, 0.3) is 0 Å². The van der Waals surface area contributed by atoms with Crippen molar-refractivity contribution in [1.82, 2.24) is 0 Å². The molecule has 27 unspecified atom stereocenters. The Bertz CT molecular complexity index is 2370. The Kier molecular flexibility index (Phi) is 22.2. The predicted octanol–water partition coefficient (Wildman–Crippen LogP) is -5.38. The van der Waals surface area contributed by atoms with Crippen molar-refractivity contribution in [2.75, 3.05) is 13.2 Å². The first kappa shape index (κ1) is 69.3. The molecule has 5 aliphatic heterocycles. The molecule has 5 heterocycles. The minimum atomic E-state index is -5.12. The summed E-state index contributed by atoms with van der Waals surface area (Å²) in [6.45, 7) is 13.0. The van der Waals surface area contributed by atoms with Crippen LogP contribution < -0.4 is 29.6 Å². The Labute approximate surface area is 511 Å². The van der Waals surface area contributed by atoms with Gasteiger partial charge < -0.3 is 113 Å². The van der Waals surface area contributed by atoms with Crippen molar-refractivity contribution >= 4 is 16.2 Å². The van der Waals surface area contributed by atoms with E-state index in [1.807, 2.05) is 13.8 Å². The van der Waals surface area contributed by atoms with E-state index in [-0.39, 0.29) is 78.3 Å². The van der Waals surface area contributed by atoms with Gasteiger partial charge in [0.05, 0.1) is 49.3 Å². The molecule has 0 aromatic heterocycles. The normalized spacial score (nSPS) is 50.7. The molecular weight excluding hydrogens is 1150 g/mol. The number of Topliss-reactive ketones (excluding diaryl/α,β-unsaturated/α-hetero) is 1. The molecule has 0 aromatic rings. The third-order valence-electron chi connectivity index (χ3n) is 19.9. The summed E-state index contributed by atoms with van der Waals surface area (Å²) in [6, 6.07) is 0. The van der Waals surface area contributed by atoms with Gasteiger partial charge in [0.15, 0.2) is 31.5 Å². The van der Waals surface area contributed by atoms with Crippen molar-refractivity contribution in [3.63, 3.8) is 0 Å². The van der Waals surface area contributed by atoms with Crippen LogP contribution in [0.15, 0.2) is 11.6 Å². The fourth-order valence-corrected chi connectivity index (χ4v) is 16.0. The van der Waals surface area contributed by atoms with E-state index in [1.165, 1.54) is 20.8 Å². The largest absolute Gasteiger partial charge is 1.00 e. The predicted molar refractivity (Wildman–Crippen MR) is 278 cm³/mol. The van der Waals surface area contributed by atoms with Crippen molar-refractivity contribution in [3.05, 3.63) is 11.6 Å². The summed E-state index contributed by atoms with van der Waals surface area (Å²) in [7, 11) is -5.12. The number of rotatable bonds is 17. The molecule has 4 aliphatic carbocycles. The van der Waals surface area contributed by atoms with Gasteiger partial charge >= 0.3 is 29.6 Å². The molecule has 3 saturated carbocycles. The molecule has 27 nitrogen and oxygen atoms in total. The number of ketones is 1. The number of hydrogen-bond acceptors (Lipinski definition) is 27. The maximum atomic E-state index is 13.2. The first-order chi connectivity index (χ1) is 38.7. The van der Waals surface area contributed by atoms with E-state index in [0.717, 1.165) is 12.0 Å². The number of carbonyl (C=O) groups excluding carboxylic acids is 1. The van der Waals surface area contributed by atoms with Gasteiger partial charge in [-0.25, -0.2) is 8.42 Å². The van der Waals surface area contributed by atoms with Gasteiger partial charge in [0.25, 0.3) is 0 Å². The minimum absolute atomic E-state index is 0. The second-order valence-corrected chi connectivity index (χ2v) is 27.2. The van der Waals surface area contributed by atoms with Crippen molar-refractivity contribution in [3.8, 4) is 0 Å². The quantitative estimate of drug-likeness (QED) is 0.0280. The summed E-state index contributed by atoms with van der Waals surface area (Å²) in [5, 5.41) is 134. The van der Waals surface area contributed by atoms with Crippen LogP contribution >= 0.6 is 0 Å². The summed E-state index contributed by atoms with van der Waals surface area (Å²) in [5.74, 6) is -0.796. The Morgan fingerprint density at radius 2 is 1.18 bits per heavy atom. The third kappa shape index (κ3) is 13.9. The fourth-order valence-electron chi connectivity index (χ4n) is 15.5. The smallest absolute Gasteiger partial charge is 0.726 e. The Morgan fingerprint density at radius 1 is 0.655 bits per heavy atom. The Balaban J connectivity index is 0.00000920. The zero-order valence-electron chi connectivity index (χ0n) is 49.1. The molecule has 9 aliphatic rings. The molecule has 29 heteroatoms. The number of carbonyl (C=O) groups is 1. The van der Waals surface area contributed by atoms with E-state index >= 15 is 0 Å². The molecule has 84 heavy (non-hydrogen) atoms. The van der Waals surface area contributed by atoms with Crippen molar-refractivity contribution < 1.29 is 160 Å². The molecule has 5 saturated heterocycles. The topological polar surface area (TPSA) is 419 Å². The summed E-state index contributed by atoms with van der Waals surface area (Å²) in [6.07, 6.45) is -34.2. The Hall–Kier alpha value is -0.600. The van der Waals surface area contributed by atoms with E-state index in [0.29, 0.717) is 32.1 Å². The van der Waals surface area contributed by atoms with E-state index < -0.39 is 199 Å². The molecule has 0 amide bonds. The van der Waals surface area contributed by atoms with E-state index in [9.17, 15) is 79.0 Å². The maximum Gasteiger partial charge on any atom is 1.00 e. The van der Waals surface area contributed by atoms with Crippen LogP contribution in [0.2, 0.25) is 0 Å². The second-order valence-electron chi connectivity index (χ2n) is 26.2. The van der Waals surface area contributed by atoms with Gasteiger partial charge in [0, 0.05) is 12.8 Å². The molecule has 9 rings (SSSR count). The van der Waals surface area contributed by atoms with Crippen molar-refractivity contribution in [2.24, 2.45) is 40.4 Å². The van der Waals surface area contributed by atoms with Gasteiger partial charge in [-0.3, -0.25) is 8.98 Å². The molecule has 0 spiro atoms. The van der Waals surface area contributed by atoms with Crippen LogP contribution in [0.4, 0.5) is 0 Å². The molecule has 0 bridgehead atoms. The van der Waals surface area contributed by atoms with Crippen molar-refractivity contribution in [2.45, 2.75) is 272 Å². The number of ether oxygens (including phenoxy) is 10. The minimum Gasteiger partial charge on any atom is -0.726 e. The van der Waals surface area contributed by atoms with Gasteiger partial charge in [-0.1, -0.05) is 39.3 Å². The molecule has 478 valence electrons. The molecule has 8 fully saturated rings. The number of fused-ring (bicyclic) bond motifs is 5. The first-order valence-electron chi connectivity index (χ1n) is 29.3. The Morgan fingerprint density at radius 3 is 1.76 bits per heavy atom. The average molecular weight is 1240 g/mol. The van der Waals surface area contributed by atoms with Gasteiger partial charge in [-0.2, -0.15) is 0 Å². The summed E-state index contributed by atoms with van der Waals surface area (Å²) >= 11 is 0. The number of allylic oxidation sites excluding steroid dienone is 2. The zero-order valence-corrected chi connectivity index (χ0v) is 51.9. The number of hydrogen-bond donors (Lipinski definition) is 12. The van der Waals surface area contributed by atoms with Crippen molar-refractivity contribution in [1.29, 1.82) is 0 Å². The summed E-state index contributed by atoms with van der Waals surface area (Å²) in [5.41, 5.74) is -1.26. The SMILES string of the molecule is CC(C)CC(=O)CC(C)(O)[C@H]1CCC2C3C[C@H](OC4OC(C)C(O)C(OC5OCC(OC6OCC(O)C(O)C6OC6OC(C)C(O)C(O)C6O)C(O)C5OC5OC(C)C(O)C(O)C5O)C4O)C4C[C@@H](OS(=O)(=O)[O-])CC[C@]4(C)C3=CC[C@@]21C.[Na+]. The summed E-state index contributed by atoms with van der Waals surface area (Å²) < 4.78 is 102. The van der Waals surface area contributed by atoms with E-state index in [4.69, 9.17) is 51.6 Å². The van der Waals surface area contributed by atoms with Gasteiger partial charge in [0.2, 0.25) is 10.4 Å². The molecule has 32 atom stereocenters.